The van der Waals surface area contributed by atoms with E-state index in [-0.39, 0.29) is 5.69 Å². The second-order valence-electron chi connectivity index (χ2n) is 5.63. The van der Waals surface area contributed by atoms with Gasteiger partial charge in [0.1, 0.15) is 4.64 Å². The van der Waals surface area contributed by atoms with Crippen LogP contribution >= 0.6 is 12.2 Å². The summed E-state index contributed by atoms with van der Waals surface area (Å²) in [6.45, 7) is 0.766. The van der Waals surface area contributed by atoms with E-state index in [0.29, 0.717) is 4.64 Å². The molecule has 1 aromatic heterocycles. The van der Waals surface area contributed by atoms with Crippen LogP contribution in [0.4, 0.5) is 0 Å². The number of nitrogens with one attached hydrogen (secondary N) is 1. The molecular formula is C17H20N2OS. The molecule has 1 N–H and O–H groups in total. The number of hydrogen-bond donors (Lipinski definition) is 1. The van der Waals surface area contributed by atoms with E-state index in [9.17, 15) is 4.79 Å². The predicted molar refractivity (Wildman–Crippen MR) is 87.3 cm³/mol. The van der Waals surface area contributed by atoms with Crippen molar-refractivity contribution in [3.05, 3.63) is 62.3 Å². The standard InChI is InChI=1S/C17H20N2OS/c20-17-18-16(21)14-10-4-5-11-15(14)19(17)12-6-9-13-7-2-1-3-8-13/h1-3,7-8H,4-6,9-12H2,(H,18,20,21). The van der Waals surface area contributed by atoms with Crippen molar-refractivity contribution in [2.24, 2.45) is 0 Å². The lowest BCUT2D eigenvalue weighted by Gasteiger charge is -2.20. The third-order valence-corrected chi connectivity index (χ3v) is 4.54. The van der Waals surface area contributed by atoms with E-state index in [0.717, 1.165) is 38.6 Å². The maximum Gasteiger partial charge on any atom is 0.326 e. The number of H-pyrrole nitrogens is 1. The molecule has 0 saturated carbocycles. The van der Waals surface area contributed by atoms with E-state index in [4.69, 9.17) is 12.2 Å². The molecule has 0 unspecified atom stereocenters. The smallest absolute Gasteiger partial charge is 0.298 e. The van der Waals surface area contributed by atoms with E-state index in [2.05, 4.69) is 29.2 Å². The first kappa shape index (κ1) is 14.3. The molecule has 0 bridgehead atoms. The molecule has 110 valence electrons. The summed E-state index contributed by atoms with van der Waals surface area (Å²) in [5, 5.41) is 0. The SMILES string of the molecule is O=c1[nH]c(=S)c2c(n1CCCc1ccccc1)CCCC2. The van der Waals surface area contributed by atoms with E-state index in [1.165, 1.54) is 23.2 Å². The molecule has 1 heterocycles. The minimum Gasteiger partial charge on any atom is -0.298 e. The topological polar surface area (TPSA) is 37.8 Å². The molecule has 0 saturated heterocycles. The minimum atomic E-state index is -0.0475. The van der Waals surface area contributed by atoms with Gasteiger partial charge in [0.2, 0.25) is 0 Å². The lowest BCUT2D eigenvalue weighted by Crippen LogP contribution is -2.29. The van der Waals surface area contributed by atoms with Gasteiger partial charge in [0, 0.05) is 17.8 Å². The first-order valence-electron chi connectivity index (χ1n) is 7.64. The minimum absolute atomic E-state index is 0.0475. The summed E-state index contributed by atoms with van der Waals surface area (Å²) < 4.78 is 2.56. The van der Waals surface area contributed by atoms with Crippen LogP contribution in [0.3, 0.4) is 0 Å². The second kappa shape index (κ2) is 6.39. The van der Waals surface area contributed by atoms with Crippen molar-refractivity contribution in [1.29, 1.82) is 0 Å². The highest BCUT2D eigenvalue weighted by atomic mass is 32.1. The number of aromatic nitrogens is 2. The summed E-state index contributed by atoms with van der Waals surface area (Å²) in [4.78, 5) is 15.0. The van der Waals surface area contributed by atoms with Crippen LogP contribution < -0.4 is 5.69 Å². The summed E-state index contributed by atoms with van der Waals surface area (Å²) >= 11 is 5.31. The van der Waals surface area contributed by atoms with E-state index >= 15 is 0 Å². The number of fused-ring (bicyclic) bond motifs is 1. The van der Waals surface area contributed by atoms with Gasteiger partial charge in [-0.05, 0) is 44.1 Å². The van der Waals surface area contributed by atoms with Crippen LogP contribution in [-0.2, 0) is 25.8 Å². The van der Waals surface area contributed by atoms with Gasteiger partial charge in [-0.2, -0.15) is 0 Å². The van der Waals surface area contributed by atoms with Gasteiger partial charge in [0.15, 0.2) is 0 Å². The average Bonchev–Trinajstić information content (AvgIpc) is 2.51. The molecule has 2 aromatic rings. The van der Waals surface area contributed by atoms with Crippen molar-refractivity contribution in [3.8, 4) is 0 Å². The largest absolute Gasteiger partial charge is 0.326 e. The average molecular weight is 300 g/mol. The van der Waals surface area contributed by atoms with Gasteiger partial charge in [-0.1, -0.05) is 42.5 Å². The number of aryl methyl sites for hydroxylation is 1. The number of benzene rings is 1. The Morgan fingerprint density at radius 3 is 2.71 bits per heavy atom. The summed E-state index contributed by atoms with van der Waals surface area (Å²) in [7, 11) is 0. The number of aromatic amines is 1. The van der Waals surface area contributed by atoms with Crippen LogP contribution in [0.25, 0.3) is 0 Å². The van der Waals surface area contributed by atoms with Crippen LogP contribution in [0.15, 0.2) is 35.1 Å². The Balaban J connectivity index is 1.79. The van der Waals surface area contributed by atoms with Crippen LogP contribution in [0.5, 0.6) is 0 Å². The highest BCUT2D eigenvalue weighted by Crippen LogP contribution is 2.20. The number of hydrogen-bond acceptors (Lipinski definition) is 2. The molecular weight excluding hydrogens is 280 g/mol. The van der Waals surface area contributed by atoms with Crippen molar-refractivity contribution in [2.75, 3.05) is 0 Å². The quantitative estimate of drug-likeness (QED) is 0.879. The van der Waals surface area contributed by atoms with Gasteiger partial charge in [-0.3, -0.25) is 9.55 Å². The Kier molecular flexibility index (Phi) is 4.34. The summed E-state index contributed by atoms with van der Waals surface area (Å²) in [6, 6.07) is 10.4. The molecule has 3 rings (SSSR count). The Morgan fingerprint density at radius 1 is 1.14 bits per heavy atom. The monoisotopic (exact) mass is 300 g/mol. The van der Waals surface area contributed by atoms with Crippen LogP contribution in [0, 0.1) is 4.64 Å². The molecule has 3 nitrogen and oxygen atoms in total. The van der Waals surface area contributed by atoms with E-state index < -0.39 is 0 Å². The molecule has 1 aromatic carbocycles. The zero-order valence-electron chi connectivity index (χ0n) is 12.1. The first-order chi connectivity index (χ1) is 10.3. The van der Waals surface area contributed by atoms with Gasteiger partial charge in [-0.15, -0.1) is 0 Å². The van der Waals surface area contributed by atoms with Gasteiger partial charge in [-0.25, -0.2) is 4.79 Å². The summed E-state index contributed by atoms with van der Waals surface area (Å²) in [6.07, 6.45) is 6.28. The molecule has 21 heavy (non-hydrogen) atoms. The van der Waals surface area contributed by atoms with Crippen molar-refractivity contribution < 1.29 is 0 Å². The van der Waals surface area contributed by atoms with Crippen LogP contribution in [-0.4, -0.2) is 9.55 Å². The predicted octanol–water partition coefficient (Wildman–Crippen LogP) is 3.42. The third-order valence-electron chi connectivity index (χ3n) is 4.19. The maximum atomic E-state index is 12.2. The molecule has 0 fully saturated rings. The molecule has 0 aliphatic heterocycles. The van der Waals surface area contributed by atoms with Crippen molar-refractivity contribution in [3.63, 3.8) is 0 Å². The van der Waals surface area contributed by atoms with Crippen LogP contribution in [0.1, 0.15) is 36.1 Å². The first-order valence-corrected chi connectivity index (χ1v) is 8.05. The molecule has 0 radical (unpaired) electrons. The van der Waals surface area contributed by atoms with Gasteiger partial charge < -0.3 is 0 Å². The normalized spacial score (nSPS) is 13.9. The molecule has 4 heteroatoms. The summed E-state index contributed by atoms with van der Waals surface area (Å²) in [5.74, 6) is 0. The summed E-state index contributed by atoms with van der Waals surface area (Å²) in [5.41, 5.74) is 3.63. The van der Waals surface area contributed by atoms with E-state index in [1.54, 1.807) is 0 Å². The zero-order valence-corrected chi connectivity index (χ0v) is 12.9. The number of rotatable bonds is 4. The maximum absolute atomic E-state index is 12.2. The van der Waals surface area contributed by atoms with Gasteiger partial charge in [0.05, 0.1) is 0 Å². The Labute approximate surface area is 129 Å². The zero-order chi connectivity index (χ0) is 14.7. The Hall–Kier alpha value is -1.68. The highest BCUT2D eigenvalue weighted by molar-refractivity contribution is 7.71. The fraction of sp³-hybridized carbons (Fsp3) is 0.412. The van der Waals surface area contributed by atoms with Crippen molar-refractivity contribution >= 4 is 12.2 Å². The van der Waals surface area contributed by atoms with Gasteiger partial charge in [0.25, 0.3) is 0 Å². The van der Waals surface area contributed by atoms with Crippen molar-refractivity contribution in [1.82, 2.24) is 9.55 Å². The van der Waals surface area contributed by atoms with Crippen molar-refractivity contribution in [2.45, 2.75) is 45.1 Å². The number of nitrogens with zero attached hydrogens (tertiary/aromatic N) is 1. The molecule has 0 atom stereocenters. The lowest BCUT2D eigenvalue weighted by atomic mass is 9.97. The molecule has 0 amide bonds. The van der Waals surface area contributed by atoms with E-state index in [1.807, 2.05) is 10.6 Å². The van der Waals surface area contributed by atoms with Crippen LogP contribution in [0.2, 0.25) is 0 Å². The molecule has 0 spiro atoms. The Morgan fingerprint density at radius 2 is 1.90 bits per heavy atom. The molecule has 1 aliphatic carbocycles. The third kappa shape index (κ3) is 3.16. The fourth-order valence-electron chi connectivity index (χ4n) is 3.12. The van der Waals surface area contributed by atoms with Gasteiger partial charge >= 0.3 is 5.69 Å². The molecule has 1 aliphatic rings. The highest BCUT2D eigenvalue weighted by Gasteiger charge is 2.16. The lowest BCUT2D eigenvalue weighted by molar-refractivity contribution is 0.537. The Bertz CT molecular complexity index is 731. The fourth-order valence-corrected chi connectivity index (χ4v) is 3.42. The second-order valence-corrected chi connectivity index (χ2v) is 6.04.